The van der Waals surface area contributed by atoms with Crippen LogP contribution in [-0.2, 0) is 0 Å². The second kappa shape index (κ2) is 13.8. The molecular formula is C17H37N3. The van der Waals surface area contributed by atoms with Gasteiger partial charge < -0.3 is 5.32 Å². The first-order valence-electron chi connectivity index (χ1n) is 9.12. The van der Waals surface area contributed by atoms with Crippen LogP contribution in [-0.4, -0.2) is 37.7 Å². The maximum atomic E-state index is 3.54. The number of hydrogen-bond donors (Lipinski definition) is 2. The zero-order chi connectivity index (χ0) is 14.3. The first-order valence-corrected chi connectivity index (χ1v) is 9.12. The SMILES string of the molecule is CCCCCCCCCCCNCCNN1CCCC1. The van der Waals surface area contributed by atoms with E-state index < -0.39 is 0 Å². The highest BCUT2D eigenvalue weighted by atomic mass is 15.5. The predicted molar refractivity (Wildman–Crippen MR) is 88.9 cm³/mol. The smallest absolute Gasteiger partial charge is 0.0227 e. The molecular weight excluding hydrogens is 246 g/mol. The van der Waals surface area contributed by atoms with Gasteiger partial charge in [0.25, 0.3) is 0 Å². The Morgan fingerprint density at radius 1 is 0.700 bits per heavy atom. The number of hydrogen-bond acceptors (Lipinski definition) is 3. The number of unbranched alkanes of at least 4 members (excludes halogenated alkanes) is 8. The topological polar surface area (TPSA) is 27.3 Å². The molecule has 1 aliphatic heterocycles. The molecule has 1 aliphatic rings. The zero-order valence-electron chi connectivity index (χ0n) is 13.8. The Labute approximate surface area is 126 Å². The molecule has 2 N–H and O–H groups in total. The van der Waals surface area contributed by atoms with Gasteiger partial charge >= 0.3 is 0 Å². The van der Waals surface area contributed by atoms with E-state index in [4.69, 9.17) is 0 Å². The van der Waals surface area contributed by atoms with Crippen molar-refractivity contribution in [2.24, 2.45) is 0 Å². The van der Waals surface area contributed by atoms with Crippen molar-refractivity contribution in [1.29, 1.82) is 0 Å². The van der Waals surface area contributed by atoms with Gasteiger partial charge in [0.2, 0.25) is 0 Å². The molecule has 20 heavy (non-hydrogen) atoms. The van der Waals surface area contributed by atoms with Crippen molar-refractivity contribution < 1.29 is 0 Å². The maximum absolute atomic E-state index is 3.54. The van der Waals surface area contributed by atoms with Crippen molar-refractivity contribution in [3.63, 3.8) is 0 Å². The van der Waals surface area contributed by atoms with Crippen LogP contribution in [0.4, 0.5) is 0 Å². The number of nitrogens with zero attached hydrogens (tertiary/aromatic N) is 1. The van der Waals surface area contributed by atoms with E-state index in [0.29, 0.717) is 0 Å². The first kappa shape index (κ1) is 17.9. The molecule has 0 aromatic heterocycles. The molecule has 120 valence electrons. The van der Waals surface area contributed by atoms with Crippen molar-refractivity contribution in [1.82, 2.24) is 15.8 Å². The van der Waals surface area contributed by atoms with Crippen LogP contribution in [0.1, 0.15) is 77.6 Å². The average molecular weight is 284 g/mol. The fraction of sp³-hybridized carbons (Fsp3) is 1.00. The maximum Gasteiger partial charge on any atom is 0.0227 e. The van der Waals surface area contributed by atoms with Gasteiger partial charge in [-0.05, 0) is 25.8 Å². The van der Waals surface area contributed by atoms with E-state index in [1.165, 1.54) is 90.3 Å². The Kier molecular flexibility index (Phi) is 12.4. The van der Waals surface area contributed by atoms with Crippen molar-refractivity contribution >= 4 is 0 Å². The number of rotatable bonds is 14. The minimum absolute atomic E-state index is 1.08. The Balaban J connectivity index is 1.66. The Bertz CT molecular complexity index is 191. The third kappa shape index (κ3) is 10.6. The fourth-order valence-electron chi connectivity index (χ4n) is 2.86. The van der Waals surface area contributed by atoms with E-state index in [1.54, 1.807) is 0 Å². The van der Waals surface area contributed by atoms with Gasteiger partial charge in [0.1, 0.15) is 0 Å². The minimum atomic E-state index is 1.08. The fourth-order valence-corrected chi connectivity index (χ4v) is 2.86. The summed E-state index contributed by atoms with van der Waals surface area (Å²) in [5.41, 5.74) is 3.49. The highest BCUT2D eigenvalue weighted by Gasteiger charge is 2.09. The average Bonchev–Trinajstić information content (AvgIpc) is 2.97. The Morgan fingerprint density at radius 3 is 1.95 bits per heavy atom. The summed E-state index contributed by atoms with van der Waals surface area (Å²) in [7, 11) is 0. The molecule has 1 rings (SSSR count). The van der Waals surface area contributed by atoms with Crippen molar-refractivity contribution in [3.8, 4) is 0 Å². The minimum Gasteiger partial charge on any atom is -0.315 e. The summed E-state index contributed by atoms with van der Waals surface area (Å²) in [5.74, 6) is 0. The number of hydrazine groups is 1. The van der Waals surface area contributed by atoms with E-state index in [-0.39, 0.29) is 0 Å². The van der Waals surface area contributed by atoms with E-state index in [2.05, 4.69) is 22.7 Å². The quantitative estimate of drug-likeness (QED) is 0.476. The third-order valence-electron chi connectivity index (χ3n) is 4.20. The first-order chi connectivity index (χ1) is 9.93. The lowest BCUT2D eigenvalue weighted by Gasteiger charge is -2.16. The van der Waals surface area contributed by atoms with Gasteiger partial charge in [-0.2, -0.15) is 0 Å². The van der Waals surface area contributed by atoms with Gasteiger partial charge in [-0.3, -0.25) is 5.43 Å². The molecule has 0 bridgehead atoms. The zero-order valence-corrected chi connectivity index (χ0v) is 13.8. The summed E-state index contributed by atoms with van der Waals surface area (Å²) < 4.78 is 0. The largest absolute Gasteiger partial charge is 0.315 e. The van der Waals surface area contributed by atoms with Crippen molar-refractivity contribution in [3.05, 3.63) is 0 Å². The molecule has 0 amide bonds. The van der Waals surface area contributed by atoms with Gasteiger partial charge in [-0.15, -0.1) is 0 Å². The lowest BCUT2D eigenvalue weighted by atomic mass is 10.1. The van der Waals surface area contributed by atoms with Gasteiger partial charge in [0, 0.05) is 26.2 Å². The molecule has 0 aromatic rings. The van der Waals surface area contributed by atoms with Crippen molar-refractivity contribution in [2.45, 2.75) is 77.6 Å². The molecule has 0 radical (unpaired) electrons. The van der Waals surface area contributed by atoms with Gasteiger partial charge in [0.05, 0.1) is 0 Å². The van der Waals surface area contributed by atoms with Gasteiger partial charge in [-0.25, -0.2) is 5.01 Å². The van der Waals surface area contributed by atoms with Crippen LogP contribution >= 0.6 is 0 Å². The van der Waals surface area contributed by atoms with Crippen LogP contribution in [0.25, 0.3) is 0 Å². The van der Waals surface area contributed by atoms with Crippen LogP contribution in [0.2, 0.25) is 0 Å². The third-order valence-corrected chi connectivity index (χ3v) is 4.20. The molecule has 0 unspecified atom stereocenters. The van der Waals surface area contributed by atoms with E-state index in [1.807, 2.05) is 0 Å². The van der Waals surface area contributed by atoms with Crippen LogP contribution in [0.5, 0.6) is 0 Å². The van der Waals surface area contributed by atoms with Crippen LogP contribution in [0, 0.1) is 0 Å². The Hall–Kier alpha value is -0.120. The molecule has 3 nitrogen and oxygen atoms in total. The lowest BCUT2D eigenvalue weighted by Crippen LogP contribution is -2.39. The van der Waals surface area contributed by atoms with Crippen molar-refractivity contribution in [2.75, 3.05) is 32.7 Å². The van der Waals surface area contributed by atoms with Crippen LogP contribution in [0.15, 0.2) is 0 Å². The van der Waals surface area contributed by atoms with E-state index in [9.17, 15) is 0 Å². The summed E-state index contributed by atoms with van der Waals surface area (Å²) in [6.45, 7) is 8.13. The lowest BCUT2D eigenvalue weighted by molar-refractivity contribution is 0.236. The molecule has 0 aromatic carbocycles. The normalized spacial score (nSPS) is 16.1. The monoisotopic (exact) mass is 283 g/mol. The summed E-state index contributed by atoms with van der Waals surface area (Å²) in [6.07, 6.45) is 15.5. The molecule has 0 aliphatic carbocycles. The highest BCUT2D eigenvalue weighted by Crippen LogP contribution is 2.09. The standard InChI is InChI=1S/C17H37N3/c1-2-3-4-5-6-7-8-9-10-13-18-14-15-19-20-16-11-12-17-20/h18-19H,2-17H2,1H3. The summed E-state index contributed by atoms with van der Waals surface area (Å²) in [6, 6.07) is 0. The van der Waals surface area contributed by atoms with Crippen LogP contribution in [0.3, 0.4) is 0 Å². The second-order valence-corrected chi connectivity index (χ2v) is 6.18. The van der Waals surface area contributed by atoms with Gasteiger partial charge in [0.15, 0.2) is 0 Å². The Morgan fingerprint density at radius 2 is 1.30 bits per heavy atom. The molecule has 1 heterocycles. The summed E-state index contributed by atoms with van der Waals surface area (Å²) in [4.78, 5) is 0. The van der Waals surface area contributed by atoms with E-state index >= 15 is 0 Å². The molecule has 1 saturated heterocycles. The highest BCUT2D eigenvalue weighted by molar-refractivity contribution is 4.62. The molecule has 1 fully saturated rings. The predicted octanol–water partition coefficient (Wildman–Crippen LogP) is 3.71. The molecule has 0 atom stereocenters. The summed E-state index contributed by atoms with van der Waals surface area (Å²) in [5, 5.41) is 5.90. The number of nitrogens with one attached hydrogen (secondary N) is 2. The van der Waals surface area contributed by atoms with Gasteiger partial charge in [-0.1, -0.05) is 58.3 Å². The van der Waals surface area contributed by atoms with Crippen LogP contribution < -0.4 is 10.7 Å². The second-order valence-electron chi connectivity index (χ2n) is 6.18. The molecule has 0 spiro atoms. The molecule has 0 saturated carbocycles. The summed E-state index contributed by atoms with van der Waals surface area (Å²) >= 11 is 0. The van der Waals surface area contributed by atoms with E-state index in [0.717, 1.165) is 13.1 Å². The molecule has 3 heteroatoms.